The van der Waals surface area contributed by atoms with Crippen molar-refractivity contribution in [3.63, 3.8) is 0 Å². The van der Waals surface area contributed by atoms with E-state index in [0.29, 0.717) is 18.8 Å². The van der Waals surface area contributed by atoms with Crippen molar-refractivity contribution < 1.29 is 19.1 Å². The lowest BCUT2D eigenvalue weighted by molar-refractivity contribution is -0.130. The number of rotatable bonds is 8. The third-order valence-corrected chi connectivity index (χ3v) is 4.58. The maximum atomic E-state index is 11.9. The van der Waals surface area contributed by atoms with Crippen molar-refractivity contribution in [2.75, 3.05) is 13.2 Å². The third-order valence-electron chi connectivity index (χ3n) is 4.58. The predicted molar refractivity (Wildman–Crippen MR) is 118 cm³/mol. The van der Waals surface area contributed by atoms with Crippen LogP contribution in [0.15, 0.2) is 42.5 Å². The van der Waals surface area contributed by atoms with Gasteiger partial charge in [0.2, 0.25) is 5.91 Å². The van der Waals surface area contributed by atoms with Gasteiger partial charge in [0.1, 0.15) is 11.5 Å². The molecule has 0 saturated carbocycles. The second-order valence-corrected chi connectivity index (χ2v) is 8.38. The molecule has 162 valence electrons. The average molecular weight is 413 g/mol. The number of benzene rings is 2. The van der Waals surface area contributed by atoms with Crippen LogP contribution in [0.3, 0.4) is 0 Å². The zero-order valence-corrected chi connectivity index (χ0v) is 18.5. The van der Waals surface area contributed by atoms with Gasteiger partial charge in [-0.1, -0.05) is 45.0 Å². The smallest absolute Gasteiger partial charge is 0.276 e. The van der Waals surface area contributed by atoms with E-state index in [1.807, 2.05) is 44.2 Å². The number of carbonyl (C=O) groups is 2. The van der Waals surface area contributed by atoms with Crippen molar-refractivity contribution in [2.45, 2.75) is 52.9 Å². The van der Waals surface area contributed by atoms with Crippen LogP contribution in [0.2, 0.25) is 0 Å². The van der Waals surface area contributed by atoms with E-state index in [4.69, 9.17) is 9.47 Å². The third kappa shape index (κ3) is 7.78. The van der Waals surface area contributed by atoms with Gasteiger partial charge in [0.25, 0.3) is 5.91 Å². The zero-order chi connectivity index (χ0) is 22.1. The Hall–Kier alpha value is -3.02. The van der Waals surface area contributed by atoms with Crippen molar-refractivity contribution in [1.29, 1.82) is 0 Å². The first-order valence-corrected chi connectivity index (χ1v) is 10.2. The van der Waals surface area contributed by atoms with E-state index in [9.17, 15) is 9.59 Å². The SMILES string of the molecule is Cc1ccc(C)c(OCC(=O)NNC(=O)CCCOc2ccc(C(C)(C)C)cc2)c1. The lowest BCUT2D eigenvalue weighted by Crippen LogP contribution is -2.43. The first-order chi connectivity index (χ1) is 14.1. The van der Waals surface area contributed by atoms with Crippen LogP contribution in [0.5, 0.6) is 11.5 Å². The molecule has 0 saturated heterocycles. The van der Waals surface area contributed by atoms with Crippen LogP contribution in [0.25, 0.3) is 0 Å². The molecular formula is C24H32N2O4. The molecule has 2 N–H and O–H groups in total. The standard InChI is InChI=1S/C24H32N2O4/c1-17-8-9-18(2)21(15-17)30-16-23(28)26-25-22(27)7-6-14-29-20-12-10-19(11-13-20)24(3,4)5/h8-13,15H,6-7,14,16H2,1-5H3,(H,25,27)(H,26,28). The molecule has 0 fully saturated rings. The highest BCUT2D eigenvalue weighted by molar-refractivity contribution is 5.82. The van der Waals surface area contributed by atoms with Crippen LogP contribution in [0, 0.1) is 13.8 Å². The maximum Gasteiger partial charge on any atom is 0.276 e. The Bertz CT molecular complexity index is 854. The van der Waals surface area contributed by atoms with Gasteiger partial charge >= 0.3 is 0 Å². The van der Waals surface area contributed by atoms with Crippen LogP contribution < -0.4 is 20.3 Å². The molecule has 0 atom stereocenters. The summed E-state index contributed by atoms with van der Waals surface area (Å²) >= 11 is 0. The lowest BCUT2D eigenvalue weighted by Gasteiger charge is -2.19. The van der Waals surface area contributed by atoms with Crippen molar-refractivity contribution in [3.8, 4) is 11.5 Å². The van der Waals surface area contributed by atoms with Crippen molar-refractivity contribution in [1.82, 2.24) is 10.9 Å². The number of carbonyl (C=O) groups excluding carboxylic acids is 2. The minimum absolute atomic E-state index is 0.102. The largest absolute Gasteiger partial charge is 0.494 e. The number of hydrazine groups is 1. The molecule has 0 bridgehead atoms. The number of amides is 2. The van der Waals surface area contributed by atoms with E-state index >= 15 is 0 Å². The molecule has 30 heavy (non-hydrogen) atoms. The fourth-order valence-electron chi connectivity index (χ4n) is 2.72. The summed E-state index contributed by atoms with van der Waals surface area (Å²) in [6.07, 6.45) is 0.792. The fraction of sp³-hybridized carbons (Fsp3) is 0.417. The summed E-state index contributed by atoms with van der Waals surface area (Å²) < 4.78 is 11.2. The number of nitrogens with one attached hydrogen (secondary N) is 2. The molecule has 6 nitrogen and oxygen atoms in total. The summed E-state index contributed by atoms with van der Waals surface area (Å²) in [5.74, 6) is 0.741. The Labute approximate surface area is 178 Å². The first-order valence-electron chi connectivity index (χ1n) is 10.2. The van der Waals surface area contributed by atoms with Gasteiger partial charge in [-0.15, -0.1) is 0 Å². The molecule has 2 rings (SSSR count). The van der Waals surface area contributed by atoms with Gasteiger partial charge in [-0.05, 0) is 60.6 Å². The van der Waals surface area contributed by atoms with E-state index in [2.05, 4.69) is 43.8 Å². The summed E-state index contributed by atoms with van der Waals surface area (Å²) in [7, 11) is 0. The van der Waals surface area contributed by atoms with E-state index < -0.39 is 5.91 Å². The molecule has 0 aromatic heterocycles. The molecule has 6 heteroatoms. The van der Waals surface area contributed by atoms with E-state index in [-0.39, 0.29) is 24.3 Å². The Morgan fingerprint density at radius 3 is 2.23 bits per heavy atom. The monoisotopic (exact) mass is 412 g/mol. The Kier molecular flexibility index (Phi) is 8.27. The summed E-state index contributed by atoms with van der Waals surface area (Å²) in [5.41, 5.74) is 8.10. The zero-order valence-electron chi connectivity index (χ0n) is 18.5. The highest BCUT2D eigenvalue weighted by Gasteiger charge is 2.13. The van der Waals surface area contributed by atoms with Crippen molar-refractivity contribution in [3.05, 3.63) is 59.2 Å². The van der Waals surface area contributed by atoms with E-state index in [0.717, 1.165) is 16.9 Å². The number of hydrogen-bond acceptors (Lipinski definition) is 4. The topological polar surface area (TPSA) is 76.7 Å². The second-order valence-electron chi connectivity index (χ2n) is 8.38. The van der Waals surface area contributed by atoms with Gasteiger partial charge in [-0.3, -0.25) is 20.4 Å². The van der Waals surface area contributed by atoms with Gasteiger partial charge < -0.3 is 9.47 Å². The Balaban J connectivity index is 1.61. The van der Waals surface area contributed by atoms with Gasteiger partial charge in [0.05, 0.1) is 6.61 Å². The second kappa shape index (κ2) is 10.7. The highest BCUT2D eigenvalue weighted by Crippen LogP contribution is 2.24. The molecule has 0 unspecified atom stereocenters. The quantitative estimate of drug-likeness (QED) is 0.508. The van der Waals surface area contributed by atoms with Gasteiger partial charge in [0.15, 0.2) is 6.61 Å². The van der Waals surface area contributed by atoms with Gasteiger partial charge in [0, 0.05) is 6.42 Å². The number of hydrogen-bond donors (Lipinski definition) is 2. The van der Waals surface area contributed by atoms with E-state index in [1.165, 1.54) is 5.56 Å². The van der Waals surface area contributed by atoms with Crippen LogP contribution >= 0.6 is 0 Å². The molecular weight excluding hydrogens is 380 g/mol. The maximum absolute atomic E-state index is 11.9. The fourth-order valence-corrected chi connectivity index (χ4v) is 2.72. The van der Waals surface area contributed by atoms with Crippen LogP contribution in [-0.4, -0.2) is 25.0 Å². The van der Waals surface area contributed by atoms with Crippen LogP contribution in [0.4, 0.5) is 0 Å². The highest BCUT2D eigenvalue weighted by atomic mass is 16.5. The molecule has 0 aliphatic carbocycles. The summed E-state index contributed by atoms with van der Waals surface area (Å²) in [6, 6.07) is 13.8. The summed E-state index contributed by atoms with van der Waals surface area (Å²) in [6.45, 7) is 10.6. The molecule has 0 aliphatic heterocycles. The molecule has 2 aromatic rings. The minimum Gasteiger partial charge on any atom is -0.494 e. The molecule has 0 spiro atoms. The number of aryl methyl sites for hydroxylation is 2. The average Bonchev–Trinajstić information content (AvgIpc) is 2.70. The van der Waals surface area contributed by atoms with E-state index in [1.54, 1.807) is 0 Å². The number of ether oxygens (including phenoxy) is 2. The summed E-state index contributed by atoms with van der Waals surface area (Å²) in [5, 5.41) is 0. The molecule has 0 heterocycles. The predicted octanol–water partition coefficient (Wildman–Crippen LogP) is 3.99. The van der Waals surface area contributed by atoms with Gasteiger partial charge in [-0.2, -0.15) is 0 Å². The Morgan fingerprint density at radius 1 is 0.900 bits per heavy atom. The lowest BCUT2D eigenvalue weighted by atomic mass is 9.87. The normalized spacial score (nSPS) is 11.0. The molecule has 0 radical (unpaired) electrons. The Morgan fingerprint density at radius 2 is 1.57 bits per heavy atom. The molecule has 2 aromatic carbocycles. The van der Waals surface area contributed by atoms with Crippen LogP contribution in [0.1, 0.15) is 50.3 Å². The van der Waals surface area contributed by atoms with Gasteiger partial charge in [-0.25, -0.2) is 0 Å². The minimum atomic E-state index is -0.417. The molecule has 2 amide bonds. The first kappa shape index (κ1) is 23.3. The molecule has 0 aliphatic rings. The van der Waals surface area contributed by atoms with Crippen molar-refractivity contribution >= 4 is 11.8 Å². The summed E-state index contributed by atoms with van der Waals surface area (Å²) in [4.78, 5) is 23.7. The van der Waals surface area contributed by atoms with Crippen molar-refractivity contribution in [2.24, 2.45) is 0 Å². The van der Waals surface area contributed by atoms with Crippen LogP contribution in [-0.2, 0) is 15.0 Å².